The van der Waals surface area contributed by atoms with E-state index in [1.165, 1.54) is 12.0 Å². The third-order valence-corrected chi connectivity index (χ3v) is 4.64. The van der Waals surface area contributed by atoms with Crippen molar-refractivity contribution in [1.29, 1.82) is 0 Å². The van der Waals surface area contributed by atoms with E-state index in [4.69, 9.17) is 10.5 Å². The highest BCUT2D eigenvalue weighted by molar-refractivity contribution is 5.85. The van der Waals surface area contributed by atoms with Gasteiger partial charge in [-0.15, -0.1) is 12.4 Å². The van der Waals surface area contributed by atoms with Gasteiger partial charge in [-0.05, 0) is 49.8 Å². The average Bonchev–Trinajstić information content (AvgIpc) is 2.54. The molecular formula is C18H29ClN2O2. The Labute approximate surface area is 145 Å². The molecule has 1 aromatic rings. The van der Waals surface area contributed by atoms with Crippen LogP contribution in [0.3, 0.4) is 0 Å². The molecule has 1 aliphatic rings. The van der Waals surface area contributed by atoms with Crippen molar-refractivity contribution in [3.05, 3.63) is 29.8 Å². The molecule has 3 unspecified atom stereocenters. The van der Waals surface area contributed by atoms with Crippen molar-refractivity contribution in [2.45, 2.75) is 57.5 Å². The third-order valence-electron chi connectivity index (χ3n) is 4.64. The minimum Gasteiger partial charge on any atom is -0.497 e. The van der Waals surface area contributed by atoms with Crippen LogP contribution >= 0.6 is 12.4 Å². The summed E-state index contributed by atoms with van der Waals surface area (Å²) in [6, 6.07) is 8.21. The first-order valence-corrected chi connectivity index (χ1v) is 8.22. The zero-order chi connectivity index (χ0) is 16.1. The van der Waals surface area contributed by atoms with Crippen LogP contribution in [0.2, 0.25) is 0 Å². The molecule has 0 saturated carbocycles. The fourth-order valence-electron chi connectivity index (χ4n) is 3.24. The quantitative estimate of drug-likeness (QED) is 0.894. The molecule has 1 fully saturated rings. The van der Waals surface area contributed by atoms with Crippen LogP contribution in [-0.2, 0) is 4.79 Å². The molecule has 4 nitrogen and oxygen atoms in total. The normalized spacial score (nSPS) is 20.3. The highest BCUT2D eigenvalue weighted by Crippen LogP contribution is 2.25. The molecule has 1 heterocycles. The van der Waals surface area contributed by atoms with Gasteiger partial charge >= 0.3 is 0 Å². The lowest BCUT2D eigenvalue weighted by Crippen LogP contribution is -2.51. The molecule has 1 aromatic carbocycles. The van der Waals surface area contributed by atoms with Crippen molar-refractivity contribution in [3.63, 3.8) is 0 Å². The molecule has 130 valence electrons. The molecule has 2 N–H and O–H groups in total. The Hall–Kier alpha value is -1.26. The molecule has 0 bridgehead atoms. The van der Waals surface area contributed by atoms with Crippen molar-refractivity contribution < 1.29 is 9.53 Å². The number of methoxy groups -OCH3 is 1. The third kappa shape index (κ3) is 5.11. The van der Waals surface area contributed by atoms with Crippen molar-refractivity contribution >= 4 is 18.3 Å². The van der Waals surface area contributed by atoms with Gasteiger partial charge < -0.3 is 15.4 Å². The molecule has 3 atom stereocenters. The molecule has 0 aliphatic carbocycles. The minimum atomic E-state index is 0. The number of benzene rings is 1. The lowest BCUT2D eigenvalue weighted by atomic mass is 9.93. The predicted molar refractivity (Wildman–Crippen MR) is 96.3 cm³/mol. The van der Waals surface area contributed by atoms with Crippen molar-refractivity contribution in [2.24, 2.45) is 5.73 Å². The fourth-order valence-corrected chi connectivity index (χ4v) is 3.24. The number of rotatable bonds is 5. The minimum absolute atomic E-state index is 0. The van der Waals surface area contributed by atoms with Gasteiger partial charge in [-0.25, -0.2) is 0 Å². The van der Waals surface area contributed by atoms with Gasteiger partial charge in [0.25, 0.3) is 0 Å². The molecule has 1 saturated heterocycles. The van der Waals surface area contributed by atoms with E-state index < -0.39 is 0 Å². The summed E-state index contributed by atoms with van der Waals surface area (Å²) in [5.74, 6) is 1.27. The lowest BCUT2D eigenvalue weighted by molar-refractivity contribution is -0.135. The zero-order valence-electron chi connectivity index (χ0n) is 14.3. The summed E-state index contributed by atoms with van der Waals surface area (Å²) in [4.78, 5) is 14.7. The van der Waals surface area contributed by atoms with Crippen LogP contribution < -0.4 is 10.5 Å². The number of nitrogens with zero attached hydrogens (tertiary/aromatic N) is 1. The molecule has 2 rings (SSSR count). The van der Waals surface area contributed by atoms with Crippen molar-refractivity contribution in [3.8, 4) is 5.75 Å². The standard InChI is InChI=1S/C18H28N2O2.ClH/c1-13(15-7-9-16(22-3)10-8-15)12-18(21)20-11-5-4-6-17(20)14(2)19;/h7-10,13-14,17H,4-6,11-12,19H2,1-3H3;1H. The van der Waals surface area contributed by atoms with E-state index in [0.29, 0.717) is 6.42 Å². The average molecular weight is 341 g/mol. The number of carbonyl (C=O) groups is 1. The molecule has 1 aliphatic heterocycles. The van der Waals surface area contributed by atoms with E-state index in [0.717, 1.165) is 25.1 Å². The Balaban J connectivity index is 0.00000264. The first-order valence-electron chi connectivity index (χ1n) is 8.22. The molecule has 0 radical (unpaired) electrons. The topological polar surface area (TPSA) is 55.6 Å². The summed E-state index contributed by atoms with van der Waals surface area (Å²) >= 11 is 0. The highest BCUT2D eigenvalue weighted by Gasteiger charge is 2.29. The monoisotopic (exact) mass is 340 g/mol. The molecule has 0 spiro atoms. The number of halogens is 1. The summed E-state index contributed by atoms with van der Waals surface area (Å²) < 4.78 is 5.18. The van der Waals surface area contributed by atoms with Crippen LogP contribution in [-0.4, -0.2) is 36.5 Å². The molecule has 23 heavy (non-hydrogen) atoms. The second kappa shape index (κ2) is 9.14. The van der Waals surface area contributed by atoms with E-state index in [-0.39, 0.29) is 36.3 Å². The van der Waals surface area contributed by atoms with Crippen molar-refractivity contribution in [1.82, 2.24) is 4.90 Å². The maximum Gasteiger partial charge on any atom is 0.223 e. The lowest BCUT2D eigenvalue weighted by Gasteiger charge is -2.38. The van der Waals surface area contributed by atoms with Gasteiger partial charge in [-0.3, -0.25) is 4.79 Å². The number of carbonyl (C=O) groups excluding carboxylic acids is 1. The molecule has 1 amide bonds. The van der Waals surface area contributed by atoms with E-state index in [1.807, 2.05) is 36.1 Å². The van der Waals surface area contributed by atoms with Gasteiger partial charge in [-0.1, -0.05) is 19.1 Å². The summed E-state index contributed by atoms with van der Waals surface area (Å²) in [5, 5.41) is 0. The van der Waals surface area contributed by atoms with E-state index in [2.05, 4.69) is 6.92 Å². The zero-order valence-corrected chi connectivity index (χ0v) is 15.1. The van der Waals surface area contributed by atoms with Crippen LogP contribution in [0.4, 0.5) is 0 Å². The number of hydrogen-bond acceptors (Lipinski definition) is 3. The number of likely N-dealkylation sites (tertiary alicyclic amines) is 1. The van der Waals surface area contributed by atoms with E-state index in [1.54, 1.807) is 7.11 Å². The van der Waals surface area contributed by atoms with Crippen molar-refractivity contribution in [2.75, 3.05) is 13.7 Å². The van der Waals surface area contributed by atoms with Crippen LogP contribution in [0, 0.1) is 0 Å². The van der Waals surface area contributed by atoms with Gasteiger partial charge in [0.2, 0.25) is 5.91 Å². The fraction of sp³-hybridized carbons (Fsp3) is 0.611. The molecule has 0 aromatic heterocycles. The SMILES string of the molecule is COc1ccc(C(C)CC(=O)N2CCCCC2C(C)N)cc1.Cl. The largest absolute Gasteiger partial charge is 0.497 e. The summed E-state index contributed by atoms with van der Waals surface area (Å²) in [6.07, 6.45) is 3.83. The summed E-state index contributed by atoms with van der Waals surface area (Å²) in [5.41, 5.74) is 7.23. The van der Waals surface area contributed by atoms with Gasteiger partial charge in [0.15, 0.2) is 0 Å². The smallest absolute Gasteiger partial charge is 0.223 e. The van der Waals surface area contributed by atoms with E-state index in [9.17, 15) is 4.79 Å². The molecule has 5 heteroatoms. The number of amides is 1. The van der Waals surface area contributed by atoms with Crippen LogP contribution in [0.25, 0.3) is 0 Å². The Kier molecular flexibility index (Phi) is 7.86. The molecular weight excluding hydrogens is 312 g/mol. The number of hydrogen-bond donors (Lipinski definition) is 1. The predicted octanol–water partition coefficient (Wildman–Crippen LogP) is 3.34. The maximum atomic E-state index is 12.7. The Bertz CT molecular complexity index is 490. The van der Waals surface area contributed by atoms with Gasteiger partial charge in [0, 0.05) is 25.0 Å². The summed E-state index contributed by atoms with van der Waals surface area (Å²) in [6.45, 7) is 4.95. The Morgan fingerprint density at radius 2 is 1.96 bits per heavy atom. The maximum absolute atomic E-state index is 12.7. The number of ether oxygens (including phenoxy) is 1. The second-order valence-electron chi connectivity index (χ2n) is 6.39. The van der Waals surface area contributed by atoms with Gasteiger partial charge in [0.05, 0.1) is 7.11 Å². The first-order chi connectivity index (χ1) is 10.5. The number of nitrogens with two attached hydrogens (primary N) is 1. The Morgan fingerprint density at radius 1 is 1.30 bits per heavy atom. The number of piperidine rings is 1. The first kappa shape index (κ1) is 19.8. The second-order valence-corrected chi connectivity index (χ2v) is 6.39. The highest BCUT2D eigenvalue weighted by atomic mass is 35.5. The van der Waals surface area contributed by atoms with Gasteiger partial charge in [0.1, 0.15) is 5.75 Å². The van der Waals surface area contributed by atoms with Gasteiger partial charge in [-0.2, -0.15) is 0 Å². The van der Waals surface area contributed by atoms with E-state index >= 15 is 0 Å². The summed E-state index contributed by atoms with van der Waals surface area (Å²) in [7, 11) is 1.66. The van der Waals surface area contributed by atoms with Crippen LogP contribution in [0.1, 0.15) is 51.0 Å². The van der Waals surface area contributed by atoms with Crippen LogP contribution in [0.5, 0.6) is 5.75 Å². The van der Waals surface area contributed by atoms with Crippen LogP contribution in [0.15, 0.2) is 24.3 Å². The Morgan fingerprint density at radius 3 is 2.52 bits per heavy atom.